The SMILES string of the molecule is CCC(C)(CNC(=O)Nc1c(C)cccc1C)C(=O)O. The topological polar surface area (TPSA) is 78.4 Å². The molecule has 5 nitrogen and oxygen atoms in total. The van der Waals surface area contributed by atoms with Crippen LogP contribution in [0.2, 0.25) is 0 Å². The molecule has 0 saturated heterocycles. The fourth-order valence-electron chi connectivity index (χ4n) is 1.80. The van der Waals surface area contributed by atoms with Crippen LogP contribution in [-0.2, 0) is 4.79 Å². The lowest BCUT2D eigenvalue weighted by molar-refractivity contribution is -0.147. The second-order valence-electron chi connectivity index (χ2n) is 5.29. The predicted molar refractivity (Wildman–Crippen MR) is 79.0 cm³/mol. The van der Waals surface area contributed by atoms with Gasteiger partial charge in [-0.2, -0.15) is 0 Å². The summed E-state index contributed by atoms with van der Waals surface area (Å²) in [4.78, 5) is 23.0. The van der Waals surface area contributed by atoms with Gasteiger partial charge in [0.25, 0.3) is 0 Å². The highest BCUT2D eigenvalue weighted by atomic mass is 16.4. The minimum absolute atomic E-state index is 0.0929. The van der Waals surface area contributed by atoms with Gasteiger partial charge < -0.3 is 15.7 Å². The van der Waals surface area contributed by atoms with Crippen molar-refractivity contribution < 1.29 is 14.7 Å². The van der Waals surface area contributed by atoms with Crippen LogP contribution in [0.1, 0.15) is 31.4 Å². The molecule has 110 valence electrons. The number of urea groups is 1. The number of aliphatic carboxylic acids is 1. The van der Waals surface area contributed by atoms with Crippen molar-refractivity contribution in [1.82, 2.24) is 5.32 Å². The number of aryl methyl sites for hydroxylation is 2. The van der Waals surface area contributed by atoms with Gasteiger partial charge in [0.15, 0.2) is 0 Å². The highest BCUT2D eigenvalue weighted by Gasteiger charge is 2.31. The normalized spacial score (nSPS) is 13.4. The number of anilines is 1. The largest absolute Gasteiger partial charge is 0.481 e. The maximum atomic E-state index is 11.9. The van der Waals surface area contributed by atoms with E-state index in [-0.39, 0.29) is 12.6 Å². The number of amides is 2. The molecule has 2 amide bonds. The van der Waals surface area contributed by atoms with Gasteiger partial charge in [-0.15, -0.1) is 0 Å². The smallest absolute Gasteiger partial charge is 0.319 e. The van der Waals surface area contributed by atoms with E-state index >= 15 is 0 Å². The van der Waals surface area contributed by atoms with E-state index in [0.717, 1.165) is 16.8 Å². The van der Waals surface area contributed by atoms with Crippen molar-refractivity contribution in [2.45, 2.75) is 34.1 Å². The quantitative estimate of drug-likeness (QED) is 0.775. The van der Waals surface area contributed by atoms with E-state index in [2.05, 4.69) is 10.6 Å². The summed E-state index contributed by atoms with van der Waals surface area (Å²) in [6.07, 6.45) is 0.450. The minimum atomic E-state index is -0.946. The lowest BCUT2D eigenvalue weighted by atomic mass is 9.88. The number of nitrogens with one attached hydrogen (secondary N) is 2. The molecule has 0 aliphatic rings. The molecular formula is C15H22N2O3. The Hall–Kier alpha value is -2.04. The van der Waals surface area contributed by atoms with E-state index in [1.54, 1.807) is 13.8 Å². The van der Waals surface area contributed by atoms with Crippen LogP contribution in [0.15, 0.2) is 18.2 Å². The number of carbonyl (C=O) groups is 2. The summed E-state index contributed by atoms with van der Waals surface area (Å²) in [5.74, 6) is -0.910. The van der Waals surface area contributed by atoms with Crippen LogP contribution in [0.3, 0.4) is 0 Å². The van der Waals surface area contributed by atoms with Crippen LogP contribution >= 0.6 is 0 Å². The molecule has 0 spiro atoms. The molecule has 1 unspecified atom stereocenters. The van der Waals surface area contributed by atoms with Crippen molar-refractivity contribution in [1.29, 1.82) is 0 Å². The minimum Gasteiger partial charge on any atom is -0.481 e. The zero-order valence-corrected chi connectivity index (χ0v) is 12.4. The van der Waals surface area contributed by atoms with E-state index in [1.165, 1.54) is 0 Å². The first-order valence-electron chi connectivity index (χ1n) is 6.64. The highest BCUT2D eigenvalue weighted by molar-refractivity contribution is 5.91. The standard InChI is InChI=1S/C15H22N2O3/c1-5-15(4,13(18)19)9-16-14(20)17-12-10(2)7-6-8-11(12)3/h6-8H,5,9H2,1-4H3,(H,18,19)(H2,16,17,20). The maximum absolute atomic E-state index is 11.9. The van der Waals surface area contributed by atoms with Gasteiger partial charge in [0.1, 0.15) is 0 Å². The summed E-state index contributed by atoms with van der Waals surface area (Å²) in [6, 6.07) is 5.36. The summed E-state index contributed by atoms with van der Waals surface area (Å²) in [5.41, 5.74) is 1.75. The third-order valence-electron chi connectivity index (χ3n) is 3.66. The van der Waals surface area contributed by atoms with Gasteiger partial charge in [0.2, 0.25) is 0 Å². The number of benzene rings is 1. The summed E-state index contributed by atoms with van der Waals surface area (Å²) >= 11 is 0. The predicted octanol–water partition coefficient (Wildman–Crippen LogP) is 2.93. The zero-order chi connectivity index (χ0) is 15.3. The monoisotopic (exact) mass is 278 g/mol. The van der Waals surface area contributed by atoms with Crippen molar-refractivity contribution in [3.63, 3.8) is 0 Å². The maximum Gasteiger partial charge on any atom is 0.319 e. The summed E-state index contributed by atoms with van der Waals surface area (Å²) in [7, 11) is 0. The molecule has 20 heavy (non-hydrogen) atoms. The van der Waals surface area contributed by atoms with E-state index in [4.69, 9.17) is 5.11 Å². The molecule has 0 aliphatic carbocycles. The van der Waals surface area contributed by atoms with Gasteiger partial charge in [0.05, 0.1) is 5.41 Å². The van der Waals surface area contributed by atoms with Gasteiger partial charge in [0, 0.05) is 12.2 Å². The van der Waals surface area contributed by atoms with Gasteiger partial charge in [-0.1, -0.05) is 25.1 Å². The van der Waals surface area contributed by atoms with Crippen molar-refractivity contribution in [3.05, 3.63) is 29.3 Å². The Balaban J connectivity index is 2.67. The number of rotatable bonds is 5. The number of carboxylic acids is 1. The molecule has 1 aromatic carbocycles. The van der Waals surface area contributed by atoms with Crippen molar-refractivity contribution in [3.8, 4) is 0 Å². The average molecular weight is 278 g/mol. The molecule has 1 atom stereocenters. The van der Waals surface area contributed by atoms with E-state index in [1.807, 2.05) is 32.0 Å². The number of carboxylic acid groups (broad SMARTS) is 1. The molecule has 1 aromatic rings. The van der Waals surface area contributed by atoms with Crippen molar-refractivity contribution in [2.24, 2.45) is 5.41 Å². The fourth-order valence-corrected chi connectivity index (χ4v) is 1.80. The zero-order valence-electron chi connectivity index (χ0n) is 12.4. The molecule has 0 saturated carbocycles. The fraction of sp³-hybridized carbons (Fsp3) is 0.467. The molecule has 0 aromatic heterocycles. The van der Waals surface area contributed by atoms with Crippen molar-refractivity contribution >= 4 is 17.7 Å². The summed E-state index contributed by atoms with van der Waals surface area (Å²) in [5, 5.41) is 14.6. The number of hydrogen-bond acceptors (Lipinski definition) is 2. The molecule has 0 heterocycles. The van der Waals surface area contributed by atoms with E-state index in [0.29, 0.717) is 6.42 Å². The highest BCUT2D eigenvalue weighted by Crippen LogP contribution is 2.21. The summed E-state index contributed by atoms with van der Waals surface area (Å²) < 4.78 is 0. The molecule has 0 bridgehead atoms. The number of para-hydroxylation sites is 1. The van der Waals surface area contributed by atoms with E-state index < -0.39 is 11.4 Å². The van der Waals surface area contributed by atoms with Crippen molar-refractivity contribution in [2.75, 3.05) is 11.9 Å². The second-order valence-corrected chi connectivity index (χ2v) is 5.29. The molecule has 0 aliphatic heterocycles. The first-order valence-corrected chi connectivity index (χ1v) is 6.64. The first-order chi connectivity index (χ1) is 9.30. The van der Waals surface area contributed by atoms with Gasteiger partial charge in [-0.3, -0.25) is 4.79 Å². The second kappa shape index (κ2) is 6.41. The first kappa shape index (κ1) is 16.0. The van der Waals surface area contributed by atoms with Crippen LogP contribution in [0.4, 0.5) is 10.5 Å². The van der Waals surface area contributed by atoms with Gasteiger partial charge in [-0.05, 0) is 38.3 Å². The number of hydrogen-bond donors (Lipinski definition) is 3. The number of carbonyl (C=O) groups excluding carboxylic acids is 1. The third-order valence-corrected chi connectivity index (χ3v) is 3.66. The Labute approximate surface area is 119 Å². The Morgan fingerprint density at radius 3 is 2.25 bits per heavy atom. The molecule has 0 fully saturated rings. The Kier molecular flexibility index (Phi) is 5.13. The van der Waals surface area contributed by atoms with E-state index in [9.17, 15) is 9.59 Å². The average Bonchev–Trinajstić information content (AvgIpc) is 2.40. The van der Waals surface area contributed by atoms with Gasteiger partial charge in [-0.25, -0.2) is 4.79 Å². The lowest BCUT2D eigenvalue weighted by Crippen LogP contribution is -2.42. The van der Waals surface area contributed by atoms with Crippen LogP contribution in [0.25, 0.3) is 0 Å². The molecule has 1 rings (SSSR count). The molecule has 0 radical (unpaired) electrons. The van der Waals surface area contributed by atoms with Crippen LogP contribution < -0.4 is 10.6 Å². The van der Waals surface area contributed by atoms with Crippen LogP contribution in [0.5, 0.6) is 0 Å². The summed E-state index contributed by atoms with van der Waals surface area (Å²) in [6.45, 7) is 7.33. The Morgan fingerprint density at radius 2 is 1.80 bits per heavy atom. The third kappa shape index (κ3) is 3.73. The Bertz CT molecular complexity index is 494. The molecular weight excluding hydrogens is 256 g/mol. The van der Waals surface area contributed by atoms with Crippen LogP contribution in [0, 0.1) is 19.3 Å². The van der Waals surface area contributed by atoms with Gasteiger partial charge >= 0.3 is 12.0 Å². The van der Waals surface area contributed by atoms with Crippen LogP contribution in [-0.4, -0.2) is 23.7 Å². The Morgan fingerprint density at radius 1 is 1.25 bits per heavy atom. The molecule has 5 heteroatoms. The lowest BCUT2D eigenvalue weighted by Gasteiger charge is -2.23. The molecule has 3 N–H and O–H groups in total.